The van der Waals surface area contributed by atoms with Crippen LogP contribution in [0.2, 0.25) is 0 Å². The number of pyridine rings is 1. The summed E-state index contributed by atoms with van der Waals surface area (Å²) in [6, 6.07) is 13.6. The number of amides is 1. The van der Waals surface area contributed by atoms with Crippen molar-refractivity contribution in [3.05, 3.63) is 59.8 Å². The van der Waals surface area contributed by atoms with Gasteiger partial charge in [0, 0.05) is 28.5 Å². The molecule has 0 saturated heterocycles. The van der Waals surface area contributed by atoms with Gasteiger partial charge < -0.3 is 24.7 Å². The van der Waals surface area contributed by atoms with Crippen LogP contribution in [0.5, 0.6) is 11.5 Å². The third-order valence-corrected chi connectivity index (χ3v) is 8.72. The van der Waals surface area contributed by atoms with Crippen LogP contribution in [0.4, 0.5) is 17.3 Å². The molecule has 1 fully saturated rings. The molecule has 36 heavy (non-hydrogen) atoms. The first kappa shape index (κ1) is 22.6. The molecule has 3 N–H and O–H groups in total. The fourth-order valence-corrected chi connectivity index (χ4v) is 5.90. The number of benzene rings is 2. The summed E-state index contributed by atoms with van der Waals surface area (Å²) in [4.78, 5) is 17.4. The Kier molecular flexibility index (Phi) is 4.92. The maximum absolute atomic E-state index is 13.0. The lowest BCUT2D eigenvalue weighted by molar-refractivity contribution is -0.118. The summed E-state index contributed by atoms with van der Waals surface area (Å²) >= 11 is 0. The van der Waals surface area contributed by atoms with Gasteiger partial charge in [0.05, 0.1) is 25.2 Å². The van der Waals surface area contributed by atoms with Crippen LogP contribution in [-0.4, -0.2) is 48.6 Å². The van der Waals surface area contributed by atoms with Gasteiger partial charge in [0.25, 0.3) is 0 Å². The zero-order valence-corrected chi connectivity index (χ0v) is 21.3. The highest BCUT2D eigenvalue weighted by molar-refractivity contribution is 7.70. The van der Waals surface area contributed by atoms with Crippen molar-refractivity contribution in [2.45, 2.75) is 17.8 Å². The SMILES string of the molecule is COc1ccc2c(c1)[C@]1(C[C@H]1c1ccc3c(Nc4ncc(P(C)(C)=O)cc4OC)n[nH]c3c1)C(=O)N2. The number of carbonyl (C=O) groups excluding carboxylic acids is 1. The van der Waals surface area contributed by atoms with Crippen molar-refractivity contribution < 1.29 is 18.8 Å². The number of ether oxygens (including phenoxy) is 2. The van der Waals surface area contributed by atoms with Crippen molar-refractivity contribution in [3.63, 3.8) is 0 Å². The van der Waals surface area contributed by atoms with Gasteiger partial charge in [-0.3, -0.25) is 9.89 Å². The Bertz CT molecular complexity index is 1590. The standard InChI is InChI=1S/C26H26N5O4P/c1-34-15-6-8-20-18(10-15)26(25(32)28-20)12-19(26)14-5-7-17-21(9-14)30-31-23(17)29-24-22(35-2)11-16(13-27-24)36(3,4)33/h5-11,13,19H,12H2,1-4H3,(H,28,32)(H2,27,29,30,31)/t19-,26-/m0/s1. The van der Waals surface area contributed by atoms with Gasteiger partial charge in [-0.25, -0.2) is 4.98 Å². The Hall–Kier alpha value is -3.84. The second-order valence-corrected chi connectivity index (χ2v) is 12.9. The molecule has 9 nitrogen and oxygen atoms in total. The molecule has 1 aliphatic heterocycles. The Morgan fingerprint density at radius 3 is 2.67 bits per heavy atom. The smallest absolute Gasteiger partial charge is 0.235 e. The second kappa shape index (κ2) is 7.83. The first-order valence-electron chi connectivity index (χ1n) is 11.6. The molecule has 2 aromatic carbocycles. The quantitative estimate of drug-likeness (QED) is 0.335. The van der Waals surface area contributed by atoms with Gasteiger partial charge >= 0.3 is 0 Å². The predicted molar refractivity (Wildman–Crippen MR) is 140 cm³/mol. The van der Waals surface area contributed by atoms with E-state index in [4.69, 9.17) is 9.47 Å². The molecule has 4 aromatic rings. The van der Waals surface area contributed by atoms with Crippen LogP contribution in [0.15, 0.2) is 48.7 Å². The van der Waals surface area contributed by atoms with Crippen LogP contribution < -0.4 is 25.4 Å². The molecule has 2 aromatic heterocycles. The average molecular weight is 503 g/mol. The highest BCUT2D eigenvalue weighted by atomic mass is 31.2. The summed E-state index contributed by atoms with van der Waals surface area (Å²) in [7, 11) is 0.717. The summed E-state index contributed by atoms with van der Waals surface area (Å²) in [5, 5.41) is 15.3. The van der Waals surface area contributed by atoms with Gasteiger partial charge in [0.15, 0.2) is 17.4 Å². The highest BCUT2D eigenvalue weighted by Gasteiger charge is 2.65. The topological polar surface area (TPSA) is 118 Å². The molecule has 1 amide bonds. The number of H-pyrrole nitrogens is 1. The van der Waals surface area contributed by atoms with Crippen LogP contribution in [0, 0.1) is 0 Å². The number of carbonyl (C=O) groups is 1. The van der Waals surface area contributed by atoms with E-state index in [0.29, 0.717) is 22.7 Å². The van der Waals surface area contributed by atoms with E-state index >= 15 is 0 Å². The molecule has 1 aliphatic carbocycles. The molecule has 2 aliphatic rings. The molecule has 10 heteroatoms. The first-order valence-corrected chi connectivity index (χ1v) is 14.2. The van der Waals surface area contributed by atoms with Gasteiger partial charge in [-0.05, 0) is 67.3 Å². The third kappa shape index (κ3) is 3.38. The molecule has 0 unspecified atom stereocenters. The molecule has 1 saturated carbocycles. The van der Waals surface area contributed by atoms with Crippen LogP contribution >= 0.6 is 7.14 Å². The van der Waals surface area contributed by atoms with Crippen LogP contribution in [0.1, 0.15) is 23.5 Å². The van der Waals surface area contributed by atoms with Crippen molar-refractivity contribution >= 4 is 46.6 Å². The van der Waals surface area contributed by atoms with E-state index < -0.39 is 12.6 Å². The van der Waals surface area contributed by atoms with Gasteiger partial charge in [0.1, 0.15) is 12.9 Å². The molecule has 0 radical (unpaired) electrons. The van der Waals surface area contributed by atoms with Crippen molar-refractivity contribution in [2.24, 2.45) is 0 Å². The minimum Gasteiger partial charge on any atom is -0.497 e. The molecule has 1 spiro atoms. The van der Waals surface area contributed by atoms with Gasteiger partial charge in [-0.2, -0.15) is 5.10 Å². The number of methoxy groups -OCH3 is 2. The first-order chi connectivity index (χ1) is 17.2. The van der Waals surface area contributed by atoms with E-state index in [1.165, 1.54) is 0 Å². The Labute approximate surface area is 208 Å². The van der Waals surface area contributed by atoms with Crippen LogP contribution in [0.3, 0.4) is 0 Å². The van der Waals surface area contributed by atoms with E-state index in [9.17, 15) is 9.36 Å². The number of nitrogens with zero attached hydrogens (tertiary/aromatic N) is 2. The normalized spacial score (nSPS) is 20.3. The predicted octanol–water partition coefficient (Wildman–Crippen LogP) is 4.34. The number of aromatic nitrogens is 3. The number of hydrogen-bond donors (Lipinski definition) is 3. The Morgan fingerprint density at radius 2 is 1.92 bits per heavy atom. The average Bonchev–Trinajstić information content (AvgIpc) is 3.42. The maximum atomic E-state index is 13.0. The zero-order chi connectivity index (χ0) is 25.2. The monoisotopic (exact) mass is 503 g/mol. The number of fused-ring (bicyclic) bond motifs is 3. The second-order valence-electron chi connectivity index (χ2n) is 9.69. The summed E-state index contributed by atoms with van der Waals surface area (Å²) in [6.07, 6.45) is 2.35. The van der Waals surface area contributed by atoms with Gasteiger partial charge in [-0.15, -0.1) is 0 Å². The fourth-order valence-electron chi connectivity index (χ4n) is 5.14. The van der Waals surface area contributed by atoms with E-state index in [0.717, 1.165) is 39.9 Å². The fraction of sp³-hybridized carbons (Fsp3) is 0.269. The highest BCUT2D eigenvalue weighted by Crippen LogP contribution is 2.65. The molecule has 3 heterocycles. The number of hydrogen-bond acceptors (Lipinski definition) is 7. The summed E-state index contributed by atoms with van der Waals surface area (Å²) in [5.41, 5.74) is 3.21. The maximum Gasteiger partial charge on any atom is 0.235 e. The third-order valence-electron chi connectivity index (χ3n) is 7.23. The van der Waals surface area contributed by atoms with Crippen LogP contribution in [0.25, 0.3) is 10.9 Å². The summed E-state index contributed by atoms with van der Waals surface area (Å²) < 4.78 is 23.3. The van der Waals surface area contributed by atoms with Crippen molar-refractivity contribution in [2.75, 3.05) is 38.2 Å². The zero-order valence-electron chi connectivity index (χ0n) is 20.4. The number of rotatable bonds is 6. The minimum absolute atomic E-state index is 0.0353. The van der Waals surface area contributed by atoms with E-state index in [2.05, 4.69) is 31.9 Å². The molecule has 0 bridgehead atoms. The lowest BCUT2D eigenvalue weighted by Gasteiger charge is -2.12. The van der Waals surface area contributed by atoms with Crippen molar-refractivity contribution in [3.8, 4) is 11.5 Å². The molecular weight excluding hydrogens is 477 g/mol. The Morgan fingerprint density at radius 1 is 1.08 bits per heavy atom. The van der Waals surface area contributed by atoms with Crippen molar-refractivity contribution in [1.29, 1.82) is 0 Å². The molecule has 184 valence electrons. The number of anilines is 3. The molecule has 6 rings (SSSR count). The number of nitrogens with one attached hydrogen (secondary N) is 3. The van der Waals surface area contributed by atoms with E-state index in [1.807, 2.05) is 30.3 Å². The van der Waals surface area contributed by atoms with E-state index in [-0.39, 0.29) is 11.8 Å². The van der Waals surface area contributed by atoms with Gasteiger partial charge in [0.2, 0.25) is 5.91 Å². The van der Waals surface area contributed by atoms with Crippen LogP contribution in [-0.2, 0) is 14.8 Å². The van der Waals surface area contributed by atoms with Gasteiger partial charge in [-0.1, -0.05) is 6.07 Å². The molecular formula is C26H26N5O4P. The summed E-state index contributed by atoms with van der Waals surface area (Å²) in [5.74, 6) is 2.43. The summed E-state index contributed by atoms with van der Waals surface area (Å²) in [6.45, 7) is 3.40. The largest absolute Gasteiger partial charge is 0.497 e. The molecule has 2 atom stereocenters. The lowest BCUT2D eigenvalue weighted by Crippen LogP contribution is -2.21. The van der Waals surface area contributed by atoms with E-state index in [1.54, 1.807) is 39.8 Å². The number of aromatic amines is 1. The minimum atomic E-state index is -2.47. The Balaban J connectivity index is 1.30. The van der Waals surface area contributed by atoms with Crippen molar-refractivity contribution in [1.82, 2.24) is 15.2 Å². The lowest BCUT2D eigenvalue weighted by atomic mass is 9.91.